The molecule has 5 heteroatoms. The molecular weight excluding hydrogens is 250 g/mol. The van der Waals surface area contributed by atoms with Crippen LogP contribution in [0.15, 0.2) is 30.6 Å². The van der Waals surface area contributed by atoms with Crippen molar-refractivity contribution in [2.24, 2.45) is 5.84 Å². The number of nitrogens with two attached hydrogens (primary N) is 1. The summed E-state index contributed by atoms with van der Waals surface area (Å²) in [5, 5.41) is 3.53. The maximum absolute atomic E-state index is 5.46. The molecule has 1 unspecified atom stereocenters. The minimum Gasteiger partial charge on any atom is -0.363 e. The Morgan fingerprint density at radius 2 is 2.00 bits per heavy atom. The SMILES string of the molecule is Cc1c(NN)ncnc1NC1CCCc2ccccc21. The fourth-order valence-corrected chi connectivity index (χ4v) is 2.81. The molecule has 0 saturated carbocycles. The minimum absolute atomic E-state index is 0.305. The highest BCUT2D eigenvalue weighted by atomic mass is 15.3. The predicted octanol–water partition coefficient (Wildman–Crippen LogP) is 2.56. The van der Waals surface area contributed by atoms with Crippen molar-refractivity contribution >= 4 is 11.6 Å². The molecule has 5 nitrogen and oxygen atoms in total. The standard InChI is InChI=1S/C15H19N5/c1-10-14(17-9-18-15(10)20-16)19-13-8-4-6-11-5-2-3-7-12(11)13/h2-3,5,7,9,13H,4,6,8,16H2,1H3,(H2,17,18,19,20). The van der Waals surface area contributed by atoms with Gasteiger partial charge in [0.15, 0.2) is 0 Å². The number of hydrogen-bond donors (Lipinski definition) is 3. The molecule has 0 fully saturated rings. The normalized spacial score (nSPS) is 17.4. The summed E-state index contributed by atoms with van der Waals surface area (Å²) in [6.07, 6.45) is 5.00. The summed E-state index contributed by atoms with van der Waals surface area (Å²) in [5.41, 5.74) is 6.35. The fourth-order valence-electron chi connectivity index (χ4n) is 2.81. The van der Waals surface area contributed by atoms with E-state index in [1.807, 2.05) is 6.92 Å². The average Bonchev–Trinajstić information content (AvgIpc) is 2.50. The zero-order valence-electron chi connectivity index (χ0n) is 11.6. The molecule has 0 saturated heterocycles. The van der Waals surface area contributed by atoms with Gasteiger partial charge in [0.05, 0.1) is 6.04 Å². The van der Waals surface area contributed by atoms with E-state index in [4.69, 9.17) is 5.84 Å². The number of fused-ring (bicyclic) bond motifs is 1. The maximum Gasteiger partial charge on any atom is 0.148 e. The molecule has 0 radical (unpaired) electrons. The first-order valence-corrected chi connectivity index (χ1v) is 6.92. The summed E-state index contributed by atoms with van der Waals surface area (Å²) in [5.74, 6) is 6.96. The Morgan fingerprint density at radius 1 is 1.20 bits per heavy atom. The zero-order chi connectivity index (χ0) is 13.9. The fraction of sp³-hybridized carbons (Fsp3) is 0.333. The van der Waals surface area contributed by atoms with E-state index >= 15 is 0 Å². The Kier molecular flexibility index (Phi) is 3.52. The number of aryl methyl sites for hydroxylation is 1. The van der Waals surface area contributed by atoms with Gasteiger partial charge in [0, 0.05) is 5.56 Å². The lowest BCUT2D eigenvalue weighted by atomic mass is 9.88. The summed E-state index contributed by atoms with van der Waals surface area (Å²) in [7, 11) is 0. The summed E-state index contributed by atoms with van der Waals surface area (Å²) in [6, 6.07) is 8.92. The van der Waals surface area contributed by atoms with Crippen LogP contribution in [0.2, 0.25) is 0 Å². The van der Waals surface area contributed by atoms with Crippen molar-refractivity contribution in [1.82, 2.24) is 9.97 Å². The van der Waals surface area contributed by atoms with Crippen LogP contribution in [-0.2, 0) is 6.42 Å². The van der Waals surface area contributed by atoms with Gasteiger partial charge in [-0.2, -0.15) is 0 Å². The first-order chi connectivity index (χ1) is 9.79. The highest BCUT2D eigenvalue weighted by molar-refractivity contribution is 5.57. The van der Waals surface area contributed by atoms with E-state index in [1.54, 1.807) is 0 Å². The molecule has 1 aliphatic carbocycles. The lowest BCUT2D eigenvalue weighted by molar-refractivity contribution is 0.598. The van der Waals surface area contributed by atoms with Gasteiger partial charge in [-0.25, -0.2) is 15.8 Å². The minimum atomic E-state index is 0.305. The van der Waals surface area contributed by atoms with E-state index in [-0.39, 0.29) is 0 Å². The van der Waals surface area contributed by atoms with Gasteiger partial charge in [-0.05, 0) is 37.3 Å². The number of rotatable bonds is 3. The van der Waals surface area contributed by atoms with Gasteiger partial charge < -0.3 is 10.7 Å². The second kappa shape index (κ2) is 5.46. The van der Waals surface area contributed by atoms with Crippen LogP contribution in [0.4, 0.5) is 11.6 Å². The number of anilines is 2. The van der Waals surface area contributed by atoms with E-state index in [2.05, 4.69) is 45.0 Å². The second-order valence-electron chi connectivity index (χ2n) is 5.13. The number of hydrazine groups is 1. The van der Waals surface area contributed by atoms with Crippen molar-refractivity contribution in [3.05, 3.63) is 47.3 Å². The van der Waals surface area contributed by atoms with Gasteiger partial charge in [-0.1, -0.05) is 24.3 Å². The summed E-state index contributed by atoms with van der Waals surface area (Å²) in [6.45, 7) is 1.96. The second-order valence-corrected chi connectivity index (χ2v) is 5.13. The summed E-state index contributed by atoms with van der Waals surface area (Å²) in [4.78, 5) is 8.44. The zero-order valence-corrected chi connectivity index (χ0v) is 11.6. The maximum atomic E-state index is 5.46. The smallest absolute Gasteiger partial charge is 0.148 e. The van der Waals surface area contributed by atoms with E-state index in [1.165, 1.54) is 23.9 Å². The van der Waals surface area contributed by atoms with Crippen LogP contribution in [0, 0.1) is 6.92 Å². The molecule has 20 heavy (non-hydrogen) atoms. The van der Waals surface area contributed by atoms with Gasteiger partial charge in [0.1, 0.15) is 18.0 Å². The molecule has 4 N–H and O–H groups in total. The molecule has 0 amide bonds. The van der Waals surface area contributed by atoms with Gasteiger partial charge in [-0.3, -0.25) is 0 Å². The number of nitrogens with zero attached hydrogens (tertiary/aromatic N) is 2. The van der Waals surface area contributed by atoms with E-state index in [0.717, 1.165) is 24.2 Å². The van der Waals surface area contributed by atoms with Gasteiger partial charge in [0.25, 0.3) is 0 Å². The Labute approximate surface area is 118 Å². The predicted molar refractivity (Wildman–Crippen MR) is 80.3 cm³/mol. The molecule has 1 aromatic heterocycles. The number of nitrogens with one attached hydrogen (secondary N) is 2. The third-order valence-corrected chi connectivity index (χ3v) is 3.90. The van der Waals surface area contributed by atoms with Crippen LogP contribution in [0.5, 0.6) is 0 Å². The largest absolute Gasteiger partial charge is 0.363 e. The summed E-state index contributed by atoms with van der Waals surface area (Å²) >= 11 is 0. The monoisotopic (exact) mass is 269 g/mol. The highest BCUT2D eigenvalue weighted by Gasteiger charge is 2.20. The Balaban J connectivity index is 1.90. The van der Waals surface area contributed by atoms with Crippen LogP contribution < -0.4 is 16.6 Å². The van der Waals surface area contributed by atoms with Crippen molar-refractivity contribution in [1.29, 1.82) is 0 Å². The quantitative estimate of drug-likeness (QED) is 0.590. The van der Waals surface area contributed by atoms with Crippen molar-refractivity contribution in [2.45, 2.75) is 32.2 Å². The van der Waals surface area contributed by atoms with Crippen LogP contribution in [0.3, 0.4) is 0 Å². The number of aromatic nitrogens is 2. The molecular formula is C15H19N5. The van der Waals surface area contributed by atoms with Crippen LogP contribution >= 0.6 is 0 Å². The molecule has 1 aromatic carbocycles. The van der Waals surface area contributed by atoms with Gasteiger partial charge >= 0.3 is 0 Å². The summed E-state index contributed by atoms with van der Waals surface area (Å²) < 4.78 is 0. The van der Waals surface area contributed by atoms with Gasteiger partial charge in [0.2, 0.25) is 0 Å². The molecule has 0 spiro atoms. The van der Waals surface area contributed by atoms with Gasteiger partial charge in [-0.15, -0.1) is 0 Å². The first-order valence-electron chi connectivity index (χ1n) is 6.92. The molecule has 0 bridgehead atoms. The van der Waals surface area contributed by atoms with Crippen molar-refractivity contribution in [2.75, 3.05) is 10.7 Å². The average molecular weight is 269 g/mol. The number of hydrogen-bond acceptors (Lipinski definition) is 5. The molecule has 0 aliphatic heterocycles. The Morgan fingerprint density at radius 3 is 2.85 bits per heavy atom. The number of nitrogen functional groups attached to an aromatic ring is 1. The van der Waals surface area contributed by atoms with E-state index < -0.39 is 0 Å². The highest BCUT2D eigenvalue weighted by Crippen LogP contribution is 2.33. The van der Waals surface area contributed by atoms with E-state index in [9.17, 15) is 0 Å². The molecule has 104 valence electrons. The Bertz CT molecular complexity index is 611. The van der Waals surface area contributed by atoms with E-state index in [0.29, 0.717) is 11.9 Å². The molecule has 1 heterocycles. The van der Waals surface area contributed by atoms with Crippen LogP contribution in [-0.4, -0.2) is 9.97 Å². The lowest BCUT2D eigenvalue weighted by Crippen LogP contribution is -2.19. The lowest BCUT2D eigenvalue weighted by Gasteiger charge is -2.27. The third-order valence-electron chi connectivity index (χ3n) is 3.90. The topological polar surface area (TPSA) is 75.9 Å². The molecule has 1 aliphatic rings. The number of benzene rings is 1. The van der Waals surface area contributed by atoms with Crippen molar-refractivity contribution in [3.63, 3.8) is 0 Å². The first kappa shape index (κ1) is 12.9. The van der Waals surface area contributed by atoms with Crippen molar-refractivity contribution in [3.8, 4) is 0 Å². The third kappa shape index (κ3) is 2.32. The molecule has 2 aromatic rings. The van der Waals surface area contributed by atoms with Crippen LogP contribution in [0.25, 0.3) is 0 Å². The van der Waals surface area contributed by atoms with Crippen LogP contribution in [0.1, 0.15) is 35.6 Å². The van der Waals surface area contributed by atoms with Crippen molar-refractivity contribution < 1.29 is 0 Å². The Hall–Kier alpha value is -2.14. The molecule has 1 atom stereocenters. The molecule has 3 rings (SSSR count).